The molecule has 0 bridgehead atoms. The van der Waals surface area contributed by atoms with Crippen molar-refractivity contribution in [1.29, 1.82) is 0 Å². The van der Waals surface area contributed by atoms with Crippen LogP contribution in [0.3, 0.4) is 0 Å². The fourth-order valence-corrected chi connectivity index (χ4v) is 2.72. The van der Waals surface area contributed by atoms with Gasteiger partial charge in [-0.1, -0.05) is 6.07 Å². The molecule has 0 saturated carbocycles. The van der Waals surface area contributed by atoms with E-state index in [2.05, 4.69) is 10.3 Å². The fourth-order valence-electron chi connectivity index (χ4n) is 2.72. The first-order valence-corrected chi connectivity index (χ1v) is 7.32. The second-order valence-electron chi connectivity index (χ2n) is 5.45. The summed E-state index contributed by atoms with van der Waals surface area (Å²) in [6.45, 7) is 0. The Balaban J connectivity index is 1.67. The number of aromatic nitrogens is 2. The van der Waals surface area contributed by atoms with Gasteiger partial charge in [-0.15, -0.1) is 0 Å². The zero-order chi connectivity index (χ0) is 16.7. The minimum Gasteiger partial charge on any atom is -0.469 e. The Morgan fingerprint density at radius 1 is 1.25 bits per heavy atom. The Hall–Kier alpha value is -3.09. The first-order valence-electron chi connectivity index (χ1n) is 7.32. The fraction of sp³-hybridized carbons (Fsp3) is 0.118. The van der Waals surface area contributed by atoms with Gasteiger partial charge in [0.2, 0.25) is 6.04 Å². The Morgan fingerprint density at radius 2 is 2.12 bits per heavy atom. The number of anilines is 1. The van der Waals surface area contributed by atoms with E-state index in [1.165, 1.54) is 29.1 Å². The number of furan rings is 1. The predicted molar refractivity (Wildman–Crippen MR) is 80.2 cm³/mol. The normalized spacial score (nSPS) is 16.1. The van der Waals surface area contributed by atoms with Gasteiger partial charge in [0.25, 0.3) is 0 Å². The molecule has 0 fully saturated rings. The van der Waals surface area contributed by atoms with Crippen molar-refractivity contribution in [2.24, 2.45) is 0 Å². The van der Waals surface area contributed by atoms with Gasteiger partial charge >= 0.3 is 11.7 Å². The third kappa shape index (κ3) is 2.34. The predicted octanol–water partition coefficient (Wildman–Crippen LogP) is 2.58. The number of benzene rings is 1. The molecule has 7 heteroatoms. The lowest BCUT2D eigenvalue weighted by Gasteiger charge is -2.02. The molecule has 0 aliphatic carbocycles. The third-order valence-electron chi connectivity index (χ3n) is 3.91. The van der Waals surface area contributed by atoms with E-state index in [9.17, 15) is 13.6 Å². The highest BCUT2D eigenvalue weighted by molar-refractivity contribution is 5.81. The molecule has 1 aliphatic heterocycles. The number of hydrogen-bond donors (Lipinski definition) is 1. The molecule has 2 aromatic heterocycles. The van der Waals surface area contributed by atoms with E-state index < -0.39 is 17.7 Å². The number of carbonyl (C=O) groups is 1. The van der Waals surface area contributed by atoms with E-state index in [0.717, 1.165) is 6.07 Å². The summed E-state index contributed by atoms with van der Waals surface area (Å²) < 4.78 is 33.9. The van der Waals surface area contributed by atoms with E-state index in [1.54, 1.807) is 18.4 Å². The molecule has 1 aromatic carbocycles. The lowest BCUT2D eigenvalue weighted by molar-refractivity contribution is -0.552. The van der Waals surface area contributed by atoms with Crippen molar-refractivity contribution in [3.63, 3.8) is 0 Å². The average molecular weight is 328 g/mol. The summed E-state index contributed by atoms with van der Waals surface area (Å²) >= 11 is 0. The number of halogens is 2. The van der Waals surface area contributed by atoms with Crippen LogP contribution in [0.15, 0.2) is 53.4 Å². The quantitative estimate of drug-likeness (QED) is 0.751. The van der Waals surface area contributed by atoms with Crippen molar-refractivity contribution in [1.82, 2.24) is 4.98 Å². The summed E-state index contributed by atoms with van der Waals surface area (Å²) in [5, 5.41) is 3.05. The van der Waals surface area contributed by atoms with Gasteiger partial charge in [-0.3, -0.25) is 5.32 Å². The molecule has 1 N–H and O–H groups in total. The molecule has 5 nitrogen and oxygen atoms in total. The highest BCUT2D eigenvalue weighted by Gasteiger charge is 2.39. The molecule has 1 unspecified atom stereocenters. The summed E-state index contributed by atoms with van der Waals surface area (Å²) in [5.74, 6) is -0.978. The van der Waals surface area contributed by atoms with Gasteiger partial charge < -0.3 is 4.42 Å². The molecule has 0 amide bonds. The van der Waals surface area contributed by atoms with Crippen LogP contribution in [0.1, 0.15) is 10.6 Å². The third-order valence-corrected chi connectivity index (χ3v) is 3.91. The highest BCUT2D eigenvalue weighted by atomic mass is 19.2. The maximum Gasteiger partial charge on any atom is 0.359 e. The van der Waals surface area contributed by atoms with E-state index >= 15 is 0 Å². The zero-order valence-electron chi connectivity index (χ0n) is 12.4. The van der Waals surface area contributed by atoms with Crippen LogP contribution in [0.4, 0.5) is 14.6 Å². The van der Waals surface area contributed by atoms with Gasteiger partial charge in [0.1, 0.15) is 23.8 Å². The lowest BCUT2D eigenvalue weighted by atomic mass is 10.1. The number of rotatable bonds is 3. The Labute approximate surface area is 135 Å². The topological polar surface area (TPSA) is 59.0 Å². The molecule has 1 aliphatic rings. The van der Waals surface area contributed by atoms with Crippen molar-refractivity contribution in [3.05, 3.63) is 66.4 Å². The van der Waals surface area contributed by atoms with Crippen LogP contribution >= 0.6 is 0 Å². The molecule has 4 rings (SSSR count). The molecule has 24 heavy (non-hydrogen) atoms. The second kappa shape index (κ2) is 5.52. The molecule has 3 aromatic rings. The largest absolute Gasteiger partial charge is 0.469 e. The van der Waals surface area contributed by atoms with Crippen molar-refractivity contribution in [2.45, 2.75) is 12.5 Å². The average Bonchev–Trinajstić information content (AvgIpc) is 3.19. The molecular weight excluding hydrogens is 316 g/mol. The molecular formula is C17H12F2N3O2+. The van der Waals surface area contributed by atoms with Crippen LogP contribution in [-0.2, 0) is 6.42 Å². The Bertz CT molecular complexity index is 926. The van der Waals surface area contributed by atoms with Gasteiger partial charge in [-0.05, 0) is 24.3 Å². The van der Waals surface area contributed by atoms with Gasteiger partial charge in [0.05, 0.1) is 12.7 Å². The first-order chi connectivity index (χ1) is 11.6. The van der Waals surface area contributed by atoms with Crippen molar-refractivity contribution in [2.75, 3.05) is 5.32 Å². The first kappa shape index (κ1) is 14.5. The monoisotopic (exact) mass is 328 g/mol. The zero-order valence-corrected chi connectivity index (χ0v) is 12.4. The number of nitrogens with zero attached hydrogens (tertiary/aromatic N) is 2. The summed E-state index contributed by atoms with van der Waals surface area (Å²) in [7, 11) is 0. The van der Waals surface area contributed by atoms with Crippen molar-refractivity contribution >= 4 is 11.7 Å². The number of fused-ring (bicyclic) bond motifs is 1. The summed E-state index contributed by atoms with van der Waals surface area (Å²) in [6, 6.07) is 6.89. The second-order valence-corrected chi connectivity index (χ2v) is 5.45. The molecule has 120 valence electrons. The number of nitrogens with one attached hydrogen (secondary N) is 1. The molecule has 1 atom stereocenters. The lowest BCUT2D eigenvalue weighted by Crippen LogP contribution is -2.43. The summed E-state index contributed by atoms with van der Waals surface area (Å²) in [5.41, 5.74) is 0.192. The van der Waals surface area contributed by atoms with E-state index in [-0.39, 0.29) is 17.2 Å². The number of hydrogen-bond acceptors (Lipinski definition) is 4. The minimum absolute atomic E-state index is 0.00702. The standard InChI is InChI=1S/C17H11F2N3O2/c18-12-5-1-4-11(16(12)19)14-9-22-15(8-20-14)21-13(17(22)23)7-10-3-2-6-24-10/h1-6,8-9,13H,7H2/p+1. The van der Waals surface area contributed by atoms with Gasteiger partial charge in [0.15, 0.2) is 11.6 Å². The van der Waals surface area contributed by atoms with E-state index in [0.29, 0.717) is 18.0 Å². The smallest absolute Gasteiger partial charge is 0.359 e. The van der Waals surface area contributed by atoms with Crippen LogP contribution in [0, 0.1) is 11.6 Å². The van der Waals surface area contributed by atoms with Crippen LogP contribution in [-0.4, -0.2) is 16.9 Å². The summed E-state index contributed by atoms with van der Waals surface area (Å²) in [6.07, 6.45) is 4.77. The number of carbonyl (C=O) groups excluding carboxylic acids is 1. The van der Waals surface area contributed by atoms with Gasteiger partial charge in [0, 0.05) is 5.56 Å². The highest BCUT2D eigenvalue weighted by Crippen LogP contribution is 2.23. The molecule has 0 radical (unpaired) electrons. The maximum absolute atomic E-state index is 13.9. The van der Waals surface area contributed by atoms with Crippen LogP contribution in [0.2, 0.25) is 0 Å². The van der Waals surface area contributed by atoms with E-state index in [4.69, 9.17) is 4.42 Å². The minimum atomic E-state index is -0.990. The van der Waals surface area contributed by atoms with Crippen LogP contribution < -0.4 is 9.88 Å². The molecule has 0 saturated heterocycles. The Morgan fingerprint density at radius 3 is 2.92 bits per heavy atom. The SMILES string of the molecule is O=C1C(Cc2ccco2)Nc2cnc(-c3cccc(F)c3F)c[n+]21. The Kier molecular flexibility index (Phi) is 3.34. The van der Waals surface area contributed by atoms with E-state index in [1.807, 2.05) is 0 Å². The van der Waals surface area contributed by atoms with Gasteiger partial charge in [-0.2, -0.15) is 4.57 Å². The summed E-state index contributed by atoms with van der Waals surface area (Å²) in [4.78, 5) is 16.6. The molecule has 3 heterocycles. The maximum atomic E-state index is 13.9. The van der Waals surface area contributed by atoms with Crippen LogP contribution in [0.5, 0.6) is 0 Å². The van der Waals surface area contributed by atoms with Crippen molar-refractivity contribution in [3.8, 4) is 11.3 Å². The van der Waals surface area contributed by atoms with Crippen molar-refractivity contribution < 1.29 is 22.6 Å². The van der Waals surface area contributed by atoms with Crippen LogP contribution in [0.25, 0.3) is 11.3 Å². The van der Waals surface area contributed by atoms with Gasteiger partial charge in [-0.25, -0.2) is 18.6 Å². The molecule has 0 spiro atoms.